The molecule has 1 fully saturated rings. The standard InChI is InChI=1S/C21H25BrClN3O2/c1-25-9-11-26(12-10-25)20-8-7-17(23)15-19(20)24-21(27)6-3-13-28-18-5-2-4-16(22)14-18/h2,4-5,7-8,14-15H,3,6,9-13H2,1H3,(H,24,27). The summed E-state index contributed by atoms with van der Waals surface area (Å²) in [6.07, 6.45) is 1.03. The first kappa shape index (κ1) is 21.0. The molecular weight excluding hydrogens is 442 g/mol. The van der Waals surface area contributed by atoms with Crippen molar-refractivity contribution in [3.8, 4) is 5.75 Å². The summed E-state index contributed by atoms with van der Waals surface area (Å²) < 4.78 is 6.66. The van der Waals surface area contributed by atoms with Crippen LogP contribution >= 0.6 is 27.5 Å². The topological polar surface area (TPSA) is 44.8 Å². The number of nitrogens with zero attached hydrogens (tertiary/aromatic N) is 2. The summed E-state index contributed by atoms with van der Waals surface area (Å²) in [5.41, 5.74) is 1.80. The molecular formula is C21H25BrClN3O2. The summed E-state index contributed by atoms with van der Waals surface area (Å²) in [6, 6.07) is 13.4. The van der Waals surface area contributed by atoms with E-state index >= 15 is 0 Å². The molecule has 28 heavy (non-hydrogen) atoms. The van der Waals surface area contributed by atoms with Gasteiger partial charge in [-0.15, -0.1) is 0 Å². The van der Waals surface area contributed by atoms with Gasteiger partial charge in [-0.1, -0.05) is 33.6 Å². The fourth-order valence-electron chi connectivity index (χ4n) is 3.12. The Hall–Kier alpha value is -1.76. The minimum Gasteiger partial charge on any atom is -0.494 e. The van der Waals surface area contributed by atoms with E-state index in [0.29, 0.717) is 24.5 Å². The zero-order valence-electron chi connectivity index (χ0n) is 16.0. The molecule has 0 spiro atoms. The minimum atomic E-state index is -0.0320. The van der Waals surface area contributed by atoms with Gasteiger partial charge in [0.15, 0.2) is 0 Å². The van der Waals surface area contributed by atoms with Crippen molar-refractivity contribution in [2.24, 2.45) is 0 Å². The smallest absolute Gasteiger partial charge is 0.224 e. The van der Waals surface area contributed by atoms with Gasteiger partial charge in [0, 0.05) is 42.1 Å². The number of anilines is 2. The van der Waals surface area contributed by atoms with Gasteiger partial charge in [0.1, 0.15) is 5.75 Å². The molecule has 0 bridgehead atoms. The van der Waals surface area contributed by atoms with Crippen LogP contribution in [-0.4, -0.2) is 50.6 Å². The van der Waals surface area contributed by atoms with Crippen molar-refractivity contribution in [2.75, 3.05) is 50.1 Å². The summed E-state index contributed by atoms with van der Waals surface area (Å²) in [4.78, 5) is 17.0. The highest BCUT2D eigenvalue weighted by Gasteiger charge is 2.18. The van der Waals surface area contributed by atoms with Gasteiger partial charge in [-0.2, -0.15) is 0 Å². The van der Waals surface area contributed by atoms with Crippen molar-refractivity contribution in [1.82, 2.24) is 4.90 Å². The quantitative estimate of drug-likeness (QED) is 0.603. The van der Waals surface area contributed by atoms with E-state index in [1.807, 2.05) is 42.5 Å². The molecule has 5 nitrogen and oxygen atoms in total. The first-order valence-electron chi connectivity index (χ1n) is 9.42. The number of likely N-dealkylation sites (N-methyl/N-ethyl adjacent to an activating group) is 1. The number of carbonyl (C=O) groups is 1. The Labute approximate surface area is 179 Å². The predicted molar refractivity (Wildman–Crippen MR) is 119 cm³/mol. The molecule has 1 amide bonds. The average Bonchev–Trinajstić information content (AvgIpc) is 2.66. The molecule has 1 aliphatic rings. The maximum absolute atomic E-state index is 12.4. The van der Waals surface area contributed by atoms with E-state index in [0.717, 1.165) is 47.8 Å². The van der Waals surface area contributed by atoms with E-state index in [-0.39, 0.29) is 5.91 Å². The first-order valence-corrected chi connectivity index (χ1v) is 10.6. The normalized spacial score (nSPS) is 14.8. The van der Waals surface area contributed by atoms with Crippen LogP contribution in [0.25, 0.3) is 0 Å². The highest BCUT2D eigenvalue weighted by Crippen LogP contribution is 2.30. The van der Waals surface area contributed by atoms with Crippen LogP contribution in [0.2, 0.25) is 5.02 Å². The summed E-state index contributed by atoms with van der Waals surface area (Å²) >= 11 is 9.59. The Bertz CT molecular complexity index is 810. The monoisotopic (exact) mass is 465 g/mol. The van der Waals surface area contributed by atoms with Gasteiger partial charge < -0.3 is 19.9 Å². The lowest BCUT2D eigenvalue weighted by Crippen LogP contribution is -2.44. The number of benzene rings is 2. The van der Waals surface area contributed by atoms with Gasteiger partial charge in [0.25, 0.3) is 0 Å². The summed E-state index contributed by atoms with van der Waals surface area (Å²) in [7, 11) is 2.12. The fourth-order valence-corrected chi connectivity index (χ4v) is 3.67. The molecule has 0 aromatic heterocycles. The van der Waals surface area contributed by atoms with E-state index in [2.05, 4.69) is 38.1 Å². The van der Waals surface area contributed by atoms with Crippen molar-refractivity contribution in [3.63, 3.8) is 0 Å². The van der Waals surface area contributed by atoms with Crippen molar-refractivity contribution in [1.29, 1.82) is 0 Å². The van der Waals surface area contributed by atoms with Crippen LogP contribution in [0.5, 0.6) is 5.75 Å². The molecule has 1 aliphatic heterocycles. The highest BCUT2D eigenvalue weighted by molar-refractivity contribution is 9.10. The predicted octanol–water partition coefficient (Wildman–Crippen LogP) is 4.65. The van der Waals surface area contributed by atoms with Crippen LogP contribution in [0.1, 0.15) is 12.8 Å². The Kier molecular flexibility index (Phi) is 7.59. The van der Waals surface area contributed by atoms with Gasteiger partial charge >= 0.3 is 0 Å². The maximum Gasteiger partial charge on any atom is 0.224 e. The van der Waals surface area contributed by atoms with Crippen molar-refractivity contribution in [3.05, 3.63) is 52.0 Å². The van der Waals surface area contributed by atoms with E-state index in [4.69, 9.17) is 16.3 Å². The molecule has 0 radical (unpaired) electrons. The lowest BCUT2D eigenvalue weighted by Gasteiger charge is -2.35. The number of carbonyl (C=O) groups excluding carboxylic acids is 1. The lowest BCUT2D eigenvalue weighted by molar-refractivity contribution is -0.116. The van der Waals surface area contributed by atoms with Gasteiger partial charge in [-0.3, -0.25) is 4.79 Å². The van der Waals surface area contributed by atoms with E-state index in [1.165, 1.54) is 0 Å². The summed E-state index contributed by atoms with van der Waals surface area (Å²) in [5, 5.41) is 3.64. The molecule has 1 N–H and O–H groups in total. The van der Waals surface area contributed by atoms with Gasteiger partial charge in [-0.25, -0.2) is 0 Å². The molecule has 3 rings (SSSR count). The molecule has 0 aliphatic carbocycles. The summed E-state index contributed by atoms with van der Waals surface area (Å²) in [6.45, 7) is 4.36. The van der Waals surface area contributed by atoms with Gasteiger partial charge in [0.05, 0.1) is 18.0 Å². The molecule has 2 aromatic carbocycles. The van der Waals surface area contributed by atoms with Crippen molar-refractivity contribution in [2.45, 2.75) is 12.8 Å². The number of halogens is 2. The zero-order valence-corrected chi connectivity index (χ0v) is 18.3. The number of amides is 1. The maximum atomic E-state index is 12.4. The highest BCUT2D eigenvalue weighted by atomic mass is 79.9. The lowest BCUT2D eigenvalue weighted by atomic mass is 10.2. The molecule has 2 aromatic rings. The van der Waals surface area contributed by atoms with Crippen LogP contribution in [0.3, 0.4) is 0 Å². The fraction of sp³-hybridized carbons (Fsp3) is 0.381. The second-order valence-electron chi connectivity index (χ2n) is 6.91. The van der Waals surface area contributed by atoms with Crippen LogP contribution in [0, 0.1) is 0 Å². The van der Waals surface area contributed by atoms with Crippen molar-refractivity contribution < 1.29 is 9.53 Å². The second kappa shape index (κ2) is 10.1. The second-order valence-corrected chi connectivity index (χ2v) is 8.26. The third-order valence-electron chi connectivity index (χ3n) is 4.69. The molecule has 0 saturated carbocycles. The number of ether oxygens (including phenoxy) is 1. The van der Waals surface area contributed by atoms with Gasteiger partial charge in [-0.05, 0) is 49.9 Å². The van der Waals surface area contributed by atoms with Crippen LogP contribution in [0.15, 0.2) is 46.9 Å². The average molecular weight is 467 g/mol. The minimum absolute atomic E-state index is 0.0320. The molecule has 7 heteroatoms. The molecule has 1 heterocycles. The number of hydrogen-bond donors (Lipinski definition) is 1. The SMILES string of the molecule is CN1CCN(c2ccc(Cl)cc2NC(=O)CCCOc2cccc(Br)c2)CC1. The molecule has 0 unspecified atom stereocenters. The van der Waals surface area contributed by atoms with Crippen LogP contribution < -0.4 is 15.0 Å². The number of hydrogen-bond acceptors (Lipinski definition) is 4. The summed E-state index contributed by atoms with van der Waals surface area (Å²) in [5.74, 6) is 0.762. The van der Waals surface area contributed by atoms with Crippen LogP contribution in [-0.2, 0) is 4.79 Å². The third kappa shape index (κ3) is 6.12. The Balaban J connectivity index is 1.52. The molecule has 150 valence electrons. The van der Waals surface area contributed by atoms with E-state index in [9.17, 15) is 4.79 Å². The Morgan fingerprint density at radius 2 is 1.96 bits per heavy atom. The van der Waals surface area contributed by atoms with Crippen molar-refractivity contribution >= 4 is 44.8 Å². The molecule has 1 saturated heterocycles. The molecule has 0 atom stereocenters. The van der Waals surface area contributed by atoms with Crippen LogP contribution in [0.4, 0.5) is 11.4 Å². The van der Waals surface area contributed by atoms with Gasteiger partial charge in [0.2, 0.25) is 5.91 Å². The van der Waals surface area contributed by atoms with E-state index in [1.54, 1.807) is 0 Å². The number of piperazine rings is 1. The largest absolute Gasteiger partial charge is 0.494 e. The number of nitrogens with one attached hydrogen (secondary N) is 1. The Morgan fingerprint density at radius 1 is 1.18 bits per heavy atom. The number of rotatable bonds is 7. The first-order chi connectivity index (χ1) is 13.5. The Morgan fingerprint density at radius 3 is 2.71 bits per heavy atom. The zero-order chi connectivity index (χ0) is 19.9. The van der Waals surface area contributed by atoms with E-state index < -0.39 is 0 Å². The third-order valence-corrected chi connectivity index (χ3v) is 5.42.